The molecule has 0 aromatic heterocycles. The molecule has 0 saturated carbocycles. The zero-order valence-electron chi connectivity index (χ0n) is 7.73. The minimum absolute atomic E-state index is 0.424. The Kier molecular flexibility index (Phi) is 3.35. The van der Waals surface area contributed by atoms with E-state index in [0.717, 1.165) is 0 Å². The summed E-state index contributed by atoms with van der Waals surface area (Å²) in [5.41, 5.74) is -5.22. The molecule has 0 amide bonds. The molecule has 0 rings (SSSR count). The first-order valence-electron chi connectivity index (χ1n) is 3.82. The average Bonchev–Trinajstić information content (AvgIpc) is 1.98. The van der Waals surface area contributed by atoms with E-state index in [-0.39, 0.29) is 0 Å². The van der Waals surface area contributed by atoms with Gasteiger partial charge in [-0.1, -0.05) is 6.92 Å². The highest BCUT2D eigenvalue weighted by atomic mass is 19.4. The summed E-state index contributed by atoms with van der Waals surface area (Å²) in [5.74, 6) is -10.9. The third kappa shape index (κ3) is 2.03. The molecule has 15 heavy (non-hydrogen) atoms. The van der Waals surface area contributed by atoms with E-state index in [9.17, 15) is 35.1 Å². The van der Waals surface area contributed by atoms with Gasteiger partial charge in [0.05, 0.1) is 0 Å². The first-order chi connectivity index (χ1) is 6.31. The van der Waals surface area contributed by atoms with E-state index < -0.39 is 37.0 Å². The fourth-order valence-corrected chi connectivity index (χ4v) is 0.948. The summed E-state index contributed by atoms with van der Waals surface area (Å²) in [6.07, 6.45) is -7.84. The lowest BCUT2D eigenvalue weighted by Gasteiger charge is -2.37. The minimum Gasteiger partial charge on any atom is -0.227 e. The lowest BCUT2D eigenvalue weighted by Crippen LogP contribution is -2.62. The predicted octanol–water partition coefficient (Wildman–Crippen LogP) is 3.96. The molecule has 0 aromatic carbocycles. The van der Waals surface area contributed by atoms with E-state index in [2.05, 4.69) is 0 Å². The van der Waals surface area contributed by atoms with Gasteiger partial charge in [0.25, 0.3) is 5.67 Å². The molecule has 0 spiro atoms. The number of halogens is 8. The van der Waals surface area contributed by atoms with Crippen LogP contribution >= 0.6 is 0 Å². The summed E-state index contributed by atoms with van der Waals surface area (Å²) >= 11 is 0. The van der Waals surface area contributed by atoms with Crippen molar-refractivity contribution in [1.29, 1.82) is 0 Å². The van der Waals surface area contributed by atoms with Crippen LogP contribution in [0.5, 0.6) is 0 Å². The van der Waals surface area contributed by atoms with Crippen molar-refractivity contribution in [1.82, 2.24) is 0 Å². The molecule has 0 fully saturated rings. The highest BCUT2D eigenvalue weighted by Crippen LogP contribution is 2.53. The molecule has 0 bridgehead atoms. The van der Waals surface area contributed by atoms with Crippen LogP contribution in [-0.2, 0) is 0 Å². The van der Waals surface area contributed by atoms with E-state index in [1.165, 1.54) is 0 Å². The van der Waals surface area contributed by atoms with Crippen molar-refractivity contribution < 1.29 is 35.1 Å². The van der Waals surface area contributed by atoms with Crippen molar-refractivity contribution in [2.24, 2.45) is 0 Å². The van der Waals surface area contributed by atoms with Gasteiger partial charge in [0.1, 0.15) is 0 Å². The number of hydrogen-bond donors (Lipinski definition) is 0. The van der Waals surface area contributed by atoms with Gasteiger partial charge < -0.3 is 0 Å². The van der Waals surface area contributed by atoms with Crippen molar-refractivity contribution in [3.05, 3.63) is 0 Å². The van der Waals surface area contributed by atoms with Crippen molar-refractivity contribution >= 4 is 0 Å². The maximum Gasteiger partial charge on any atom is 0.428 e. The van der Waals surface area contributed by atoms with Crippen LogP contribution < -0.4 is 0 Å². The van der Waals surface area contributed by atoms with Gasteiger partial charge in [-0.3, -0.25) is 0 Å². The van der Waals surface area contributed by atoms with Crippen molar-refractivity contribution in [3.8, 4) is 0 Å². The molecule has 0 aliphatic rings. The third-order valence-electron chi connectivity index (χ3n) is 1.99. The van der Waals surface area contributed by atoms with Crippen LogP contribution in [0.4, 0.5) is 35.1 Å². The molecule has 92 valence electrons. The lowest BCUT2D eigenvalue weighted by atomic mass is 9.90. The van der Waals surface area contributed by atoms with E-state index in [1.54, 1.807) is 0 Å². The smallest absolute Gasteiger partial charge is 0.227 e. The van der Waals surface area contributed by atoms with Gasteiger partial charge in [-0.05, 0) is 6.42 Å². The van der Waals surface area contributed by atoms with Crippen LogP contribution in [0.3, 0.4) is 0 Å². The molecule has 0 aliphatic carbocycles. The molecule has 0 aromatic rings. The number of rotatable bonds is 3. The first kappa shape index (κ1) is 14.4. The monoisotopic (exact) mass is 244 g/mol. The Morgan fingerprint density at radius 3 is 1.20 bits per heavy atom. The minimum atomic E-state index is -6.05. The maximum absolute atomic E-state index is 12.9. The van der Waals surface area contributed by atoms with Crippen LogP contribution in [0.25, 0.3) is 0 Å². The quantitative estimate of drug-likeness (QED) is 0.659. The Bertz CT molecular complexity index is 224. The van der Waals surface area contributed by atoms with Crippen LogP contribution in [0, 0.1) is 0 Å². The zero-order valence-corrected chi connectivity index (χ0v) is 7.73. The van der Waals surface area contributed by atoms with E-state index >= 15 is 0 Å². The number of hydrogen-bond acceptors (Lipinski definition) is 0. The molecular weight excluding hydrogens is 236 g/mol. The standard InChI is InChI=1S/C7H8F8/c1-3-5(10,7(13,14)15)6(11,12)4(2,8)9/h3H2,1-2H3. The Hall–Kier alpha value is -0.560. The fourth-order valence-electron chi connectivity index (χ4n) is 0.948. The summed E-state index contributed by atoms with van der Waals surface area (Å²) in [5, 5.41) is 0. The Balaban J connectivity index is 5.50. The largest absolute Gasteiger partial charge is 0.428 e. The molecule has 0 saturated heterocycles. The van der Waals surface area contributed by atoms with E-state index in [1.807, 2.05) is 0 Å². The molecule has 8 heteroatoms. The molecule has 0 aliphatic heterocycles. The molecule has 1 atom stereocenters. The van der Waals surface area contributed by atoms with E-state index in [0.29, 0.717) is 6.92 Å². The van der Waals surface area contributed by atoms with Crippen molar-refractivity contribution in [3.63, 3.8) is 0 Å². The zero-order chi connectivity index (χ0) is 12.7. The molecule has 0 nitrogen and oxygen atoms in total. The van der Waals surface area contributed by atoms with Gasteiger partial charge in [-0.15, -0.1) is 0 Å². The van der Waals surface area contributed by atoms with Crippen LogP contribution in [0.1, 0.15) is 20.3 Å². The maximum atomic E-state index is 12.9. The summed E-state index contributed by atoms with van der Waals surface area (Å²) in [4.78, 5) is 0. The summed E-state index contributed by atoms with van der Waals surface area (Å²) in [7, 11) is 0. The predicted molar refractivity (Wildman–Crippen MR) is 35.8 cm³/mol. The normalized spacial score (nSPS) is 18.8. The highest BCUT2D eigenvalue weighted by Gasteiger charge is 2.77. The van der Waals surface area contributed by atoms with Gasteiger partial charge in [0.15, 0.2) is 0 Å². The molecule has 0 radical (unpaired) electrons. The first-order valence-corrected chi connectivity index (χ1v) is 3.82. The SMILES string of the molecule is CCC(F)(C(F)(F)F)C(F)(F)C(C)(F)F. The van der Waals surface area contributed by atoms with Gasteiger partial charge in [-0.25, -0.2) is 13.2 Å². The second-order valence-electron chi connectivity index (χ2n) is 3.12. The van der Waals surface area contributed by atoms with Gasteiger partial charge in [-0.2, -0.15) is 22.0 Å². The lowest BCUT2D eigenvalue weighted by molar-refractivity contribution is -0.350. The summed E-state index contributed by atoms with van der Waals surface area (Å²) < 4.78 is 98.5. The van der Waals surface area contributed by atoms with Crippen LogP contribution in [0.15, 0.2) is 0 Å². The van der Waals surface area contributed by atoms with E-state index in [4.69, 9.17) is 0 Å². The summed E-state index contributed by atoms with van der Waals surface area (Å²) in [6.45, 7) is -0.0319. The third-order valence-corrected chi connectivity index (χ3v) is 1.99. The van der Waals surface area contributed by atoms with Crippen LogP contribution in [-0.4, -0.2) is 23.7 Å². The fraction of sp³-hybridized carbons (Fsp3) is 1.00. The topological polar surface area (TPSA) is 0 Å². The second kappa shape index (κ2) is 3.48. The number of alkyl halides is 8. The second-order valence-corrected chi connectivity index (χ2v) is 3.12. The van der Waals surface area contributed by atoms with Crippen molar-refractivity contribution in [2.75, 3.05) is 0 Å². The Morgan fingerprint density at radius 2 is 1.13 bits per heavy atom. The van der Waals surface area contributed by atoms with Gasteiger partial charge >= 0.3 is 18.0 Å². The van der Waals surface area contributed by atoms with Crippen LogP contribution in [0.2, 0.25) is 0 Å². The highest BCUT2D eigenvalue weighted by molar-refractivity contribution is 5.04. The van der Waals surface area contributed by atoms with Gasteiger partial charge in [0.2, 0.25) is 0 Å². The molecule has 0 heterocycles. The van der Waals surface area contributed by atoms with Gasteiger partial charge in [0, 0.05) is 6.92 Å². The van der Waals surface area contributed by atoms with Crippen molar-refractivity contribution in [2.45, 2.75) is 44.0 Å². The summed E-state index contributed by atoms with van der Waals surface area (Å²) in [6, 6.07) is 0. The Morgan fingerprint density at radius 1 is 0.800 bits per heavy atom. The molecule has 0 N–H and O–H groups in total. The Labute approximate surface area is 80.3 Å². The molecular formula is C7H8F8. The average molecular weight is 244 g/mol. The molecule has 1 unspecified atom stereocenters.